The molecule has 0 saturated carbocycles. The first kappa shape index (κ1) is 20.5. The summed E-state index contributed by atoms with van der Waals surface area (Å²) in [6.07, 6.45) is -2.17. The Morgan fingerprint density at radius 3 is 2.12 bits per heavy atom. The summed E-state index contributed by atoms with van der Waals surface area (Å²) in [6, 6.07) is 3.41. The molecule has 0 aliphatic carbocycles. The first-order valence-electron chi connectivity index (χ1n) is 8.05. The predicted molar refractivity (Wildman–Crippen MR) is 91.7 cm³/mol. The van der Waals surface area contributed by atoms with Crippen LogP contribution in [0.3, 0.4) is 0 Å². The Labute approximate surface area is 147 Å². The SMILES string of the molecule is COC(=O)NC(=O)[C@@H](C)OC(=O)c1cc(C(C)C)cc(C(C)C)c1O. The van der Waals surface area contributed by atoms with Gasteiger partial charge in [0.25, 0.3) is 5.91 Å². The highest BCUT2D eigenvalue weighted by atomic mass is 16.6. The number of imide groups is 1. The van der Waals surface area contributed by atoms with E-state index in [1.165, 1.54) is 6.92 Å². The number of hydrogen-bond donors (Lipinski definition) is 2. The van der Waals surface area contributed by atoms with E-state index < -0.39 is 24.1 Å². The lowest BCUT2D eigenvalue weighted by atomic mass is 9.92. The van der Waals surface area contributed by atoms with Crippen molar-refractivity contribution >= 4 is 18.0 Å². The second-order valence-corrected chi connectivity index (χ2v) is 6.34. The van der Waals surface area contributed by atoms with E-state index in [-0.39, 0.29) is 23.1 Å². The van der Waals surface area contributed by atoms with Crippen LogP contribution in [0.1, 0.15) is 67.9 Å². The molecule has 0 spiro atoms. The van der Waals surface area contributed by atoms with E-state index in [1.54, 1.807) is 6.07 Å². The van der Waals surface area contributed by atoms with E-state index in [0.717, 1.165) is 12.7 Å². The normalized spacial score (nSPS) is 12.0. The van der Waals surface area contributed by atoms with Gasteiger partial charge < -0.3 is 14.6 Å². The molecule has 0 radical (unpaired) electrons. The van der Waals surface area contributed by atoms with Gasteiger partial charge in [0.2, 0.25) is 0 Å². The summed E-state index contributed by atoms with van der Waals surface area (Å²) in [5.41, 5.74) is 1.50. The monoisotopic (exact) mass is 351 g/mol. The van der Waals surface area contributed by atoms with Crippen molar-refractivity contribution in [1.29, 1.82) is 0 Å². The number of benzene rings is 1. The van der Waals surface area contributed by atoms with Gasteiger partial charge in [0.05, 0.1) is 7.11 Å². The Morgan fingerprint density at radius 1 is 1.04 bits per heavy atom. The van der Waals surface area contributed by atoms with Crippen LogP contribution in [0.15, 0.2) is 12.1 Å². The number of ether oxygens (including phenoxy) is 2. The molecule has 1 rings (SSSR count). The van der Waals surface area contributed by atoms with Gasteiger partial charge in [-0.25, -0.2) is 9.59 Å². The second kappa shape index (κ2) is 8.50. The lowest BCUT2D eigenvalue weighted by molar-refractivity contribution is -0.128. The molecule has 1 aromatic rings. The zero-order chi connectivity index (χ0) is 19.3. The van der Waals surface area contributed by atoms with E-state index in [4.69, 9.17) is 4.74 Å². The minimum Gasteiger partial charge on any atom is -0.507 e. The van der Waals surface area contributed by atoms with Crippen molar-refractivity contribution in [3.63, 3.8) is 0 Å². The lowest BCUT2D eigenvalue weighted by Gasteiger charge is -2.18. The first-order chi connectivity index (χ1) is 11.6. The van der Waals surface area contributed by atoms with Gasteiger partial charge in [-0.3, -0.25) is 10.1 Å². The van der Waals surface area contributed by atoms with E-state index in [0.29, 0.717) is 5.56 Å². The second-order valence-electron chi connectivity index (χ2n) is 6.34. The van der Waals surface area contributed by atoms with Gasteiger partial charge in [-0.2, -0.15) is 0 Å². The smallest absolute Gasteiger partial charge is 0.413 e. The fourth-order valence-corrected chi connectivity index (χ4v) is 2.14. The highest BCUT2D eigenvalue weighted by molar-refractivity contribution is 5.98. The van der Waals surface area contributed by atoms with Crippen molar-refractivity contribution in [2.24, 2.45) is 0 Å². The molecule has 2 amide bonds. The third-order valence-corrected chi connectivity index (χ3v) is 3.73. The molecule has 7 heteroatoms. The maximum absolute atomic E-state index is 12.4. The highest BCUT2D eigenvalue weighted by Gasteiger charge is 2.25. The molecular formula is C18H25NO6. The number of nitrogens with one attached hydrogen (secondary N) is 1. The molecular weight excluding hydrogens is 326 g/mol. The molecule has 0 aliphatic rings. The average Bonchev–Trinajstić information content (AvgIpc) is 2.53. The number of carbonyl (C=O) groups excluding carboxylic acids is 3. The largest absolute Gasteiger partial charge is 0.507 e. The summed E-state index contributed by atoms with van der Waals surface area (Å²) in [5.74, 6) is -1.67. The number of phenolic OH excluding ortho intramolecular Hbond substituents is 1. The van der Waals surface area contributed by atoms with E-state index in [1.807, 2.05) is 39.1 Å². The Hall–Kier alpha value is -2.57. The van der Waals surface area contributed by atoms with Gasteiger partial charge in [0.1, 0.15) is 11.3 Å². The van der Waals surface area contributed by atoms with Crippen LogP contribution >= 0.6 is 0 Å². The van der Waals surface area contributed by atoms with Crippen LogP contribution in [-0.4, -0.2) is 36.3 Å². The number of aromatic hydroxyl groups is 1. The summed E-state index contributed by atoms with van der Waals surface area (Å²) in [7, 11) is 1.11. The van der Waals surface area contributed by atoms with E-state index >= 15 is 0 Å². The lowest BCUT2D eigenvalue weighted by Crippen LogP contribution is -2.39. The first-order valence-corrected chi connectivity index (χ1v) is 8.05. The van der Waals surface area contributed by atoms with Crippen molar-refractivity contribution in [2.45, 2.75) is 52.6 Å². The van der Waals surface area contributed by atoms with E-state index in [9.17, 15) is 19.5 Å². The summed E-state index contributed by atoms with van der Waals surface area (Å²) in [4.78, 5) is 35.2. The third-order valence-electron chi connectivity index (χ3n) is 3.73. The van der Waals surface area contributed by atoms with Crippen LogP contribution in [0.4, 0.5) is 4.79 Å². The van der Waals surface area contributed by atoms with Gasteiger partial charge in [-0.15, -0.1) is 0 Å². The number of hydrogen-bond acceptors (Lipinski definition) is 6. The number of amides is 2. The van der Waals surface area contributed by atoms with Crippen LogP contribution in [-0.2, 0) is 14.3 Å². The summed E-state index contributed by atoms with van der Waals surface area (Å²) >= 11 is 0. The highest BCUT2D eigenvalue weighted by Crippen LogP contribution is 2.33. The maximum Gasteiger partial charge on any atom is 0.413 e. The quantitative estimate of drug-likeness (QED) is 0.791. The fraction of sp³-hybridized carbons (Fsp3) is 0.500. The molecule has 0 saturated heterocycles. The Kier molecular flexibility index (Phi) is 6.97. The fourth-order valence-electron chi connectivity index (χ4n) is 2.14. The van der Waals surface area contributed by atoms with Crippen molar-refractivity contribution in [3.8, 4) is 5.75 Å². The zero-order valence-electron chi connectivity index (χ0n) is 15.4. The van der Waals surface area contributed by atoms with Crippen molar-refractivity contribution in [3.05, 3.63) is 28.8 Å². The Balaban J connectivity index is 3.08. The summed E-state index contributed by atoms with van der Waals surface area (Å²) in [6.45, 7) is 9.07. The van der Waals surface area contributed by atoms with Gasteiger partial charge in [-0.1, -0.05) is 33.8 Å². The Bertz CT molecular complexity index is 666. The molecule has 0 heterocycles. The van der Waals surface area contributed by atoms with Crippen LogP contribution in [0, 0.1) is 0 Å². The predicted octanol–water partition coefficient (Wildman–Crippen LogP) is 3.07. The molecule has 25 heavy (non-hydrogen) atoms. The number of phenols is 1. The third kappa shape index (κ3) is 5.20. The van der Waals surface area contributed by atoms with Crippen LogP contribution in [0.25, 0.3) is 0 Å². The molecule has 0 aromatic heterocycles. The minimum atomic E-state index is -1.23. The Morgan fingerprint density at radius 2 is 1.64 bits per heavy atom. The topological polar surface area (TPSA) is 102 Å². The summed E-state index contributed by atoms with van der Waals surface area (Å²) in [5, 5.41) is 12.3. The number of esters is 1. The van der Waals surface area contributed by atoms with Crippen LogP contribution in [0.2, 0.25) is 0 Å². The molecule has 0 fully saturated rings. The summed E-state index contributed by atoms with van der Waals surface area (Å²) < 4.78 is 9.39. The maximum atomic E-state index is 12.4. The van der Waals surface area contributed by atoms with Crippen molar-refractivity contribution in [2.75, 3.05) is 7.11 Å². The van der Waals surface area contributed by atoms with Gasteiger partial charge in [0.15, 0.2) is 6.10 Å². The molecule has 0 unspecified atom stereocenters. The standard InChI is InChI=1S/C18H25NO6/c1-9(2)12-7-13(10(3)4)15(20)14(8-12)17(22)25-11(5)16(21)19-18(23)24-6/h7-11,20H,1-6H3,(H,19,21,23)/t11-/m1/s1. The number of carbonyl (C=O) groups is 3. The van der Waals surface area contributed by atoms with Crippen molar-refractivity contribution in [1.82, 2.24) is 5.32 Å². The zero-order valence-corrected chi connectivity index (χ0v) is 15.4. The molecule has 2 N–H and O–H groups in total. The number of methoxy groups -OCH3 is 1. The minimum absolute atomic E-state index is 0.00490. The van der Waals surface area contributed by atoms with E-state index in [2.05, 4.69) is 4.74 Å². The van der Waals surface area contributed by atoms with Crippen LogP contribution < -0.4 is 5.32 Å². The number of alkyl carbamates (subject to hydrolysis) is 1. The molecule has 7 nitrogen and oxygen atoms in total. The molecule has 1 atom stereocenters. The molecule has 1 aromatic carbocycles. The van der Waals surface area contributed by atoms with Crippen molar-refractivity contribution < 1.29 is 29.0 Å². The molecule has 0 bridgehead atoms. The molecule has 138 valence electrons. The average molecular weight is 351 g/mol. The van der Waals surface area contributed by atoms with Gasteiger partial charge in [0, 0.05) is 0 Å². The van der Waals surface area contributed by atoms with Gasteiger partial charge in [-0.05, 0) is 36.0 Å². The van der Waals surface area contributed by atoms with Gasteiger partial charge >= 0.3 is 12.1 Å². The molecule has 0 aliphatic heterocycles. The van der Waals surface area contributed by atoms with Crippen LogP contribution in [0.5, 0.6) is 5.75 Å². The number of rotatable bonds is 5.